The maximum absolute atomic E-state index is 5.15. The second-order valence-electron chi connectivity index (χ2n) is 4.65. The highest BCUT2D eigenvalue weighted by Gasteiger charge is 2.20. The van der Waals surface area contributed by atoms with E-state index in [0.29, 0.717) is 5.25 Å². The van der Waals surface area contributed by atoms with Crippen LogP contribution >= 0.6 is 12.6 Å². The largest absolute Gasteiger partial charge is 0.339 e. The number of aryl methyl sites for hydroxylation is 1. The first-order valence-electron chi connectivity index (χ1n) is 4.90. The van der Waals surface area contributed by atoms with Crippen molar-refractivity contribution in [1.82, 2.24) is 10.1 Å². The molecule has 0 saturated heterocycles. The van der Waals surface area contributed by atoms with Gasteiger partial charge in [-0.3, -0.25) is 0 Å². The highest BCUT2D eigenvalue weighted by Crippen LogP contribution is 2.19. The average Bonchev–Trinajstić information content (AvgIpc) is 2.47. The molecule has 1 rings (SSSR count). The topological polar surface area (TPSA) is 38.9 Å². The van der Waals surface area contributed by atoms with Crippen molar-refractivity contribution in [3.63, 3.8) is 0 Å². The Hall–Kier alpha value is -0.510. The summed E-state index contributed by atoms with van der Waals surface area (Å²) in [6, 6.07) is 0. The zero-order valence-corrected chi connectivity index (χ0v) is 10.1. The van der Waals surface area contributed by atoms with E-state index < -0.39 is 0 Å². The van der Waals surface area contributed by atoms with Gasteiger partial charge in [-0.15, -0.1) is 0 Å². The van der Waals surface area contributed by atoms with Crippen molar-refractivity contribution < 1.29 is 4.52 Å². The molecule has 80 valence electrons. The Morgan fingerprint density at radius 2 is 2.07 bits per heavy atom. The van der Waals surface area contributed by atoms with Crippen LogP contribution in [0.1, 0.15) is 45.8 Å². The predicted molar refractivity (Wildman–Crippen MR) is 59.8 cm³/mol. The molecule has 0 radical (unpaired) electrons. The highest BCUT2D eigenvalue weighted by atomic mass is 32.1. The SMILES string of the molecule is CC(S)CCc1nc(C(C)(C)C)no1. The number of thiol groups is 1. The zero-order chi connectivity index (χ0) is 10.8. The van der Waals surface area contributed by atoms with E-state index in [9.17, 15) is 0 Å². The van der Waals surface area contributed by atoms with Gasteiger partial charge in [-0.25, -0.2) is 0 Å². The third kappa shape index (κ3) is 3.33. The molecule has 1 atom stereocenters. The van der Waals surface area contributed by atoms with Crippen LogP contribution in [-0.2, 0) is 11.8 Å². The lowest BCUT2D eigenvalue weighted by Crippen LogP contribution is -2.13. The molecule has 0 N–H and O–H groups in total. The van der Waals surface area contributed by atoms with Gasteiger partial charge in [0.25, 0.3) is 0 Å². The summed E-state index contributed by atoms with van der Waals surface area (Å²) in [5.74, 6) is 1.50. The molecule has 1 aromatic rings. The van der Waals surface area contributed by atoms with Crippen LogP contribution in [0.25, 0.3) is 0 Å². The summed E-state index contributed by atoms with van der Waals surface area (Å²) in [5, 5.41) is 4.33. The summed E-state index contributed by atoms with van der Waals surface area (Å²) in [5.41, 5.74) is -0.0334. The van der Waals surface area contributed by atoms with Gasteiger partial charge in [-0.1, -0.05) is 32.9 Å². The van der Waals surface area contributed by atoms with Gasteiger partial charge in [0.2, 0.25) is 5.89 Å². The zero-order valence-electron chi connectivity index (χ0n) is 9.24. The Kier molecular flexibility index (Phi) is 3.59. The van der Waals surface area contributed by atoms with Crippen molar-refractivity contribution in [2.24, 2.45) is 0 Å². The lowest BCUT2D eigenvalue weighted by Gasteiger charge is -2.10. The van der Waals surface area contributed by atoms with Crippen LogP contribution in [0.15, 0.2) is 4.52 Å². The van der Waals surface area contributed by atoms with Gasteiger partial charge in [-0.05, 0) is 11.7 Å². The van der Waals surface area contributed by atoms with E-state index >= 15 is 0 Å². The molecule has 0 bridgehead atoms. The first kappa shape index (κ1) is 11.6. The first-order valence-corrected chi connectivity index (χ1v) is 5.42. The normalized spacial score (nSPS) is 14.4. The highest BCUT2D eigenvalue weighted by molar-refractivity contribution is 7.80. The van der Waals surface area contributed by atoms with Crippen LogP contribution in [0.2, 0.25) is 0 Å². The minimum absolute atomic E-state index is 0.0334. The Balaban J connectivity index is 2.60. The van der Waals surface area contributed by atoms with E-state index in [1.807, 2.05) is 0 Å². The van der Waals surface area contributed by atoms with Crippen molar-refractivity contribution in [2.45, 2.75) is 51.2 Å². The molecular weight excluding hydrogens is 196 g/mol. The number of hydrogen-bond donors (Lipinski definition) is 1. The molecule has 14 heavy (non-hydrogen) atoms. The maximum Gasteiger partial charge on any atom is 0.226 e. The molecule has 1 unspecified atom stereocenters. The van der Waals surface area contributed by atoms with Crippen LogP contribution in [0.4, 0.5) is 0 Å². The molecule has 0 aliphatic carbocycles. The molecule has 0 amide bonds. The number of hydrogen-bond acceptors (Lipinski definition) is 4. The fourth-order valence-electron chi connectivity index (χ4n) is 0.993. The maximum atomic E-state index is 5.15. The number of aromatic nitrogens is 2. The van der Waals surface area contributed by atoms with E-state index in [2.05, 4.69) is 50.5 Å². The third-order valence-corrected chi connectivity index (χ3v) is 2.17. The monoisotopic (exact) mass is 214 g/mol. The minimum atomic E-state index is -0.0334. The van der Waals surface area contributed by atoms with Gasteiger partial charge >= 0.3 is 0 Å². The number of rotatable bonds is 3. The quantitative estimate of drug-likeness (QED) is 0.786. The average molecular weight is 214 g/mol. The second kappa shape index (κ2) is 4.34. The summed E-state index contributed by atoms with van der Waals surface area (Å²) >= 11 is 4.30. The molecule has 0 spiro atoms. The Bertz CT molecular complexity index is 289. The van der Waals surface area contributed by atoms with Gasteiger partial charge in [-0.2, -0.15) is 17.6 Å². The first-order chi connectivity index (χ1) is 6.39. The summed E-state index contributed by atoms with van der Waals surface area (Å²) in [7, 11) is 0. The molecule has 0 aliphatic rings. The van der Waals surface area contributed by atoms with E-state index in [1.54, 1.807) is 0 Å². The smallest absolute Gasteiger partial charge is 0.226 e. The van der Waals surface area contributed by atoms with Crippen molar-refractivity contribution in [3.05, 3.63) is 11.7 Å². The summed E-state index contributed by atoms with van der Waals surface area (Å²) in [6.07, 6.45) is 1.78. The van der Waals surface area contributed by atoms with Gasteiger partial charge in [0.05, 0.1) is 0 Å². The molecule has 0 aliphatic heterocycles. The molecule has 1 heterocycles. The fourth-order valence-corrected chi connectivity index (χ4v) is 1.12. The fraction of sp³-hybridized carbons (Fsp3) is 0.800. The van der Waals surface area contributed by atoms with Crippen LogP contribution in [-0.4, -0.2) is 15.4 Å². The molecule has 0 saturated carbocycles. The van der Waals surface area contributed by atoms with Crippen molar-refractivity contribution in [3.8, 4) is 0 Å². The molecule has 0 aromatic carbocycles. The van der Waals surface area contributed by atoms with Gasteiger partial charge in [0.1, 0.15) is 0 Å². The van der Waals surface area contributed by atoms with Crippen LogP contribution in [0.5, 0.6) is 0 Å². The molecular formula is C10H18N2OS. The molecule has 4 heteroatoms. The molecule has 1 aromatic heterocycles. The Morgan fingerprint density at radius 3 is 2.50 bits per heavy atom. The molecule has 3 nitrogen and oxygen atoms in total. The van der Waals surface area contributed by atoms with Gasteiger partial charge in [0, 0.05) is 11.8 Å². The van der Waals surface area contributed by atoms with E-state index in [0.717, 1.165) is 24.6 Å². The van der Waals surface area contributed by atoms with E-state index in [-0.39, 0.29) is 5.41 Å². The van der Waals surface area contributed by atoms with Crippen LogP contribution < -0.4 is 0 Å². The van der Waals surface area contributed by atoms with Crippen molar-refractivity contribution in [1.29, 1.82) is 0 Å². The standard InChI is InChI=1S/C10H18N2OS/c1-7(14)5-6-8-11-9(12-13-8)10(2,3)4/h7,14H,5-6H2,1-4H3. The summed E-state index contributed by atoms with van der Waals surface area (Å²) in [6.45, 7) is 8.28. The van der Waals surface area contributed by atoms with E-state index in [4.69, 9.17) is 4.52 Å². The summed E-state index contributed by atoms with van der Waals surface area (Å²) < 4.78 is 5.15. The van der Waals surface area contributed by atoms with E-state index in [1.165, 1.54) is 0 Å². The minimum Gasteiger partial charge on any atom is -0.339 e. The van der Waals surface area contributed by atoms with Crippen LogP contribution in [0, 0.1) is 0 Å². The second-order valence-corrected chi connectivity index (χ2v) is 5.53. The van der Waals surface area contributed by atoms with Gasteiger partial charge < -0.3 is 4.52 Å². The molecule has 0 fully saturated rings. The third-order valence-electron chi connectivity index (χ3n) is 1.91. The lowest BCUT2D eigenvalue weighted by atomic mass is 9.96. The lowest BCUT2D eigenvalue weighted by molar-refractivity contribution is 0.361. The van der Waals surface area contributed by atoms with Crippen molar-refractivity contribution >= 4 is 12.6 Å². The summed E-state index contributed by atoms with van der Waals surface area (Å²) in [4.78, 5) is 4.34. The Labute approximate surface area is 90.7 Å². The van der Waals surface area contributed by atoms with Gasteiger partial charge in [0.15, 0.2) is 5.82 Å². The van der Waals surface area contributed by atoms with Crippen LogP contribution in [0.3, 0.4) is 0 Å². The Morgan fingerprint density at radius 1 is 1.43 bits per heavy atom. The van der Waals surface area contributed by atoms with Crippen molar-refractivity contribution in [2.75, 3.05) is 0 Å². The number of nitrogens with zero attached hydrogens (tertiary/aromatic N) is 2. The predicted octanol–water partition coefficient (Wildman–Crippen LogP) is 2.62.